The van der Waals surface area contributed by atoms with Crippen molar-refractivity contribution in [3.05, 3.63) is 0 Å². The van der Waals surface area contributed by atoms with E-state index in [9.17, 15) is 0 Å². The summed E-state index contributed by atoms with van der Waals surface area (Å²) in [6, 6.07) is 2.47. The third-order valence-electron chi connectivity index (χ3n) is 4.39. The van der Waals surface area contributed by atoms with Gasteiger partial charge in [-0.05, 0) is 51.7 Å². The van der Waals surface area contributed by atoms with Crippen molar-refractivity contribution in [1.82, 2.24) is 15.5 Å². The van der Waals surface area contributed by atoms with Crippen molar-refractivity contribution in [1.29, 1.82) is 0 Å². The molecule has 0 aromatic heterocycles. The smallest absolute Gasteiger partial charge is 0.0250 e. The first-order chi connectivity index (χ1) is 7.43. The molecule has 2 atom stereocenters. The van der Waals surface area contributed by atoms with Crippen LogP contribution in [-0.2, 0) is 0 Å². The predicted molar refractivity (Wildman–Crippen MR) is 62.0 cm³/mol. The molecule has 0 radical (unpaired) electrons. The van der Waals surface area contributed by atoms with Crippen molar-refractivity contribution in [2.75, 3.05) is 26.2 Å². The van der Waals surface area contributed by atoms with E-state index in [2.05, 4.69) is 15.5 Å². The zero-order valence-electron chi connectivity index (χ0n) is 9.54. The molecule has 86 valence electrons. The summed E-state index contributed by atoms with van der Waals surface area (Å²) in [5.74, 6) is 0. The van der Waals surface area contributed by atoms with Gasteiger partial charge in [0.1, 0.15) is 0 Å². The van der Waals surface area contributed by atoms with Gasteiger partial charge in [-0.3, -0.25) is 4.90 Å². The SMILES string of the molecule is C1CC2C(NC3CCNCC3)CCN2C1. The molecule has 3 rings (SSSR count). The van der Waals surface area contributed by atoms with E-state index in [4.69, 9.17) is 0 Å². The average Bonchev–Trinajstić information content (AvgIpc) is 2.85. The van der Waals surface area contributed by atoms with E-state index >= 15 is 0 Å². The Morgan fingerprint density at radius 1 is 1.00 bits per heavy atom. The van der Waals surface area contributed by atoms with E-state index in [1.807, 2.05) is 0 Å². The van der Waals surface area contributed by atoms with Crippen molar-refractivity contribution in [3.8, 4) is 0 Å². The summed E-state index contributed by atoms with van der Waals surface area (Å²) >= 11 is 0. The number of hydrogen-bond donors (Lipinski definition) is 2. The summed E-state index contributed by atoms with van der Waals surface area (Å²) in [7, 11) is 0. The fourth-order valence-corrected chi connectivity index (χ4v) is 3.57. The van der Waals surface area contributed by atoms with E-state index in [0.717, 1.165) is 18.1 Å². The average molecular weight is 209 g/mol. The number of hydrogen-bond acceptors (Lipinski definition) is 3. The Hall–Kier alpha value is -0.120. The van der Waals surface area contributed by atoms with E-state index in [1.165, 1.54) is 58.3 Å². The molecule has 3 saturated heterocycles. The molecule has 2 N–H and O–H groups in total. The van der Waals surface area contributed by atoms with Crippen LogP contribution in [0.1, 0.15) is 32.1 Å². The molecule has 3 fully saturated rings. The second-order valence-corrected chi connectivity index (χ2v) is 5.33. The molecule has 0 spiro atoms. The summed E-state index contributed by atoms with van der Waals surface area (Å²) in [6.45, 7) is 5.11. The molecule has 0 bridgehead atoms. The minimum absolute atomic E-state index is 0.789. The van der Waals surface area contributed by atoms with Gasteiger partial charge in [0.2, 0.25) is 0 Å². The Labute approximate surface area is 92.6 Å². The molecule has 0 aromatic rings. The van der Waals surface area contributed by atoms with Gasteiger partial charge in [-0.2, -0.15) is 0 Å². The molecule has 3 aliphatic heterocycles. The number of rotatable bonds is 2. The molecule has 0 aromatic carbocycles. The van der Waals surface area contributed by atoms with Crippen LogP contribution < -0.4 is 10.6 Å². The Balaban J connectivity index is 1.54. The maximum Gasteiger partial charge on any atom is 0.0250 e. The second kappa shape index (κ2) is 4.40. The zero-order valence-corrected chi connectivity index (χ0v) is 9.54. The van der Waals surface area contributed by atoms with E-state index in [-0.39, 0.29) is 0 Å². The monoisotopic (exact) mass is 209 g/mol. The van der Waals surface area contributed by atoms with E-state index in [0.29, 0.717) is 0 Å². The summed E-state index contributed by atoms with van der Waals surface area (Å²) in [5, 5.41) is 7.34. The Morgan fingerprint density at radius 3 is 2.73 bits per heavy atom. The quantitative estimate of drug-likeness (QED) is 0.696. The number of nitrogens with zero attached hydrogens (tertiary/aromatic N) is 1. The molecule has 2 unspecified atom stereocenters. The maximum absolute atomic E-state index is 3.91. The summed E-state index contributed by atoms with van der Waals surface area (Å²) in [5.41, 5.74) is 0. The van der Waals surface area contributed by atoms with Crippen molar-refractivity contribution in [2.24, 2.45) is 0 Å². The van der Waals surface area contributed by atoms with Crippen LogP contribution in [0.3, 0.4) is 0 Å². The van der Waals surface area contributed by atoms with Crippen molar-refractivity contribution in [2.45, 2.75) is 50.2 Å². The Morgan fingerprint density at radius 2 is 1.87 bits per heavy atom. The standard InChI is InChI=1S/C12H23N3/c1-2-12-11(5-9-15(12)8-1)14-10-3-6-13-7-4-10/h10-14H,1-9H2. The first-order valence-corrected chi connectivity index (χ1v) is 6.64. The van der Waals surface area contributed by atoms with Gasteiger partial charge in [-0.15, -0.1) is 0 Å². The van der Waals surface area contributed by atoms with Gasteiger partial charge in [0.25, 0.3) is 0 Å². The van der Waals surface area contributed by atoms with Crippen LogP contribution in [0.4, 0.5) is 0 Å². The van der Waals surface area contributed by atoms with Crippen LogP contribution in [0.25, 0.3) is 0 Å². The highest BCUT2D eigenvalue weighted by Crippen LogP contribution is 2.28. The van der Waals surface area contributed by atoms with Crippen LogP contribution in [0.5, 0.6) is 0 Å². The molecule has 0 aliphatic carbocycles. The highest BCUT2D eigenvalue weighted by atomic mass is 15.2. The first kappa shape index (κ1) is 10.1. The van der Waals surface area contributed by atoms with E-state index < -0.39 is 0 Å². The fourth-order valence-electron chi connectivity index (χ4n) is 3.57. The Bertz CT molecular complexity index is 213. The van der Waals surface area contributed by atoms with Gasteiger partial charge in [0, 0.05) is 24.7 Å². The summed E-state index contributed by atoms with van der Waals surface area (Å²) in [6.07, 6.45) is 6.89. The van der Waals surface area contributed by atoms with Crippen LogP contribution in [-0.4, -0.2) is 49.2 Å². The van der Waals surface area contributed by atoms with Gasteiger partial charge in [-0.25, -0.2) is 0 Å². The lowest BCUT2D eigenvalue weighted by Gasteiger charge is -2.29. The molecular weight excluding hydrogens is 186 g/mol. The molecular formula is C12H23N3. The van der Waals surface area contributed by atoms with Gasteiger partial charge < -0.3 is 10.6 Å². The number of fused-ring (bicyclic) bond motifs is 1. The van der Waals surface area contributed by atoms with Crippen molar-refractivity contribution < 1.29 is 0 Å². The van der Waals surface area contributed by atoms with Crippen molar-refractivity contribution >= 4 is 0 Å². The van der Waals surface area contributed by atoms with Crippen LogP contribution in [0.2, 0.25) is 0 Å². The van der Waals surface area contributed by atoms with Crippen LogP contribution in [0, 0.1) is 0 Å². The summed E-state index contributed by atoms with van der Waals surface area (Å²) < 4.78 is 0. The number of nitrogens with one attached hydrogen (secondary N) is 2. The predicted octanol–water partition coefficient (Wildman–Crippen LogP) is 0.565. The van der Waals surface area contributed by atoms with Gasteiger partial charge >= 0.3 is 0 Å². The van der Waals surface area contributed by atoms with Gasteiger partial charge in [0.15, 0.2) is 0 Å². The van der Waals surface area contributed by atoms with Gasteiger partial charge in [0.05, 0.1) is 0 Å². The Kier molecular flexibility index (Phi) is 2.95. The van der Waals surface area contributed by atoms with Crippen LogP contribution in [0.15, 0.2) is 0 Å². The zero-order chi connectivity index (χ0) is 10.1. The minimum Gasteiger partial charge on any atom is -0.317 e. The third kappa shape index (κ3) is 2.05. The molecule has 15 heavy (non-hydrogen) atoms. The molecule has 3 aliphatic rings. The highest BCUT2D eigenvalue weighted by Gasteiger charge is 2.37. The molecule has 3 nitrogen and oxygen atoms in total. The third-order valence-corrected chi connectivity index (χ3v) is 4.39. The normalized spacial score (nSPS) is 38.4. The van der Waals surface area contributed by atoms with E-state index in [1.54, 1.807) is 0 Å². The summed E-state index contributed by atoms with van der Waals surface area (Å²) in [4.78, 5) is 2.69. The highest BCUT2D eigenvalue weighted by molar-refractivity contribution is 4.97. The molecule has 3 heterocycles. The first-order valence-electron chi connectivity index (χ1n) is 6.64. The minimum atomic E-state index is 0.789. The molecule has 3 heteroatoms. The maximum atomic E-state index is 3.91. The lowest BCUT2D eigenvalue weighted by atomic mass is 10.0. The second-order valence-electron chi connectivity index (χ2n) is 5.33. The van der Waals surface area contributed by atoms with Crippen molar-refractivity contribution in [3.63, 3.8) is 0 Å². The lowest BCUT2D eigenvalue weighted by molar-refractivity contribution is 0.274. The largest absolute Gasteiger partial charge is 0.317 e. The van der Waals surface area contributed by atoms with Crippen LogP contribution >= 0.6 is 0 Å². The lowest BCUT2D eigenvalue weighted by Crippen LogP contribution is -2.48. The van der Waals surface area contributed by atoms with Gasteiger partial charge in [-0.1, -0.05) is 0 Å². The topological polar surface area (TPSA) is 27.3 Å². The number of piperidine rings is 1. The molecule has 0 saturated carbocycles. The molecule has 0 amide bonds. The fraction of sp³-hybridized carbons (Fsp3) is 1.00.